The van der Waals surface area contributed by atoms with Gasteiger partial charge in [-0.25, -0.2) is 9.67 Å². The Hall–Kier alpha value is -0.680. The molecule has 0 N–H and O–H groups in total. The number of halogens is 2. The lowest BCUT2D eigenvalue weighted by Crippen LogP contribution is -2.01. The fourth-order valence-corrected chi connectivity index (χ4v) is 1.71. The van der Waals surface area contributed by atoms with Gasteiger partial charge >= 0.3 is 0 Å². The van der Waals surface area contributed by atoms with Crippen LogP contribution in [-0.2, 0) is 0 Å². The van der Waals surface area contributed by atoms with Crippen molar-refractivity contribution in [2.45, 2.75) is 20.8 Å². The predicted octanol–water partition coefficient (Wildman–Crippen LogP) is 4.05. The van der Waals surface area contributed by atoms with Crippen LogP contribution >= 0.6 is 31.9 Å². The second-order valence-electron chi connectivity index (χ2n) is 3.42. The van der Waals surface area contributed by atoms with E-state index in [-0.39, 0.29) is 0 Å². The van der Waals surface area contributed by atoms with Gasteiger partial charge in [-0.3, -0.25) is 0 Å². The molecule has 0 aliphatic rings. The van der Waals surface area contributed by atoms with E-state index in [9.17, 15) is 0 Å². The van der Waals surface area contributed by atoms with Gasteiger partial charge < -0.3 is 0 Å². The van der Waals surface area contributed by atoms with E-state index in [2.05, 4.69) is 41.9 Å². The molecule has 0 aliphatic heterocycles. The number of hydrogen-bond donors (Lipinski definition) is 0. The lowest BCUT2D eigenvalue weighted by Gasteiger charge is -2.02. The molecule has 2 rings (SSSR count). The molecule has 0 fully saturated rings. The molecule has 0 spiro atoms. The lowest BCUT2D eigenvalue weighted by atomic mass is 10.4. The summed E-state index contributed by atoms with van der Waals surface area (Å²) in [6, 6.07) is 7.81. The Morgan fingerprint density at radius 3 is 2.41 bits per heavy atom. The van der Waals surface area contributed by atoms with Gasteiger partial charge in [-0.1, -0.05) is 28.9 Å². The van der Waals surface area contributed by atoms with E-state index in [1.54, 1.807) is 0 Å². The minimum Gasteiger partial charge on any atom is -0.222 e. The van der Waals surface area contributed by atoms with Crippen molar-refractivity contribution in [1.29, 1.82) is 0 Å². The highest BCUT2D eigenvalue weighted by Crippen LogP contribution is 2.12. The Morgan fingerprint density at radius 1 is 1.29 bits per heavy atom. The summed E-state index contributed by atoms with van der Waals surface area (Å²) in [7, 11) is 0. The minimum atomic E-state index is 0.822. The van der Waals surface area contributed by atoms with Crippen LogP contribution in [-0.4, -0.2) is 20.1 Å². The van der Waals surface area contributed by atoms with Crippen molar-refractivity contribution in [2.24, 2.45) is 0 Å². The van der Waals surface area contributed by atoms with Gasteiger partial charge in [0, 0.05) is 11.0 Å². The molecule has 3 nitrogen and oxygen atoms in total. The SMILES string of the molecule is CCBr.Cc1cc(C)n(-c2cccc(Br)n2)n1. The van der Waals surface area contributed by atoms with Gasteiger partial charge in [0.25, 0.3) is 0 Å². The zero-order chi connectivity index (χ0) is 12.8. The van der Waals surface area contributed by atoms with E-state index in [0.717, 1.165) is 27.1 Å². The molecule has 2 aromatic rings. The van der Waals surface area contributed by atoms with E-state index in [1.807, 2.05) is 49.7 Å². The fourth-order valence-electron chi connectivity index (χ4n) is 1.38. The van der Waals surface area contributed by atoms with Crippen molar-refractivity contribution < 1.29 is 0 Å². The number of rotatable bonds is 1. The summed E-state index contributed by atoms with van der Waals surface area (Å²) >= 11 is 6.48. The van der Waals surface area contributed by atoms with E-state index in [0.29, 0.717) is 0 Å². The zero-order valence-corrected chi connectivity index (χ0v) is 13.3. The molecule has 2 heterocycles. The highest BCUT2D eigenvalue weighted by Gasteiger charge is 2.04. The number of hydrogen-bond acceptors (Lipinski definition) is 2. The molecule has 0 bridgehead atoms. The Labute approximate surface area is 119 Å². The molecule has 0 unspecified atom stereocenters. The molecule has 0 aliphatic carbocycles. The summed E-state index contributed by atoms with van der Waals surface area (Å²) < 4.78 is 2.66. The first-order valence-electron chi connectivity index (χ1n) is 5.30. The van der Waals surface area contributed by atoms with Crippen molar-refractivity contribution in [1.82, 2.24) is 14.8 Å². The van der Waals surface area contributed by atoms with Crippen LogP contribution in [0.25, 0.3) is 5.82 Å². The maximum absolute atomic E-state index is 4.35. The molecule has 92 valence electrons. The molecule has 0 amide bonds. The van der Waals surface area contributed by atoms with E-state index in [1.165, 1.54) is 0 Å². The smallest absolute Gasteiger partial charge is 0.154 e. The third kappa shape index (κ3) is 4.24. The van der Waals surface area contributed by atoms with Crippen LogP contribution in [0, 0.1) is 13.8 Å². The first kappa shape index (κ1) is 14.4. The van der Waals surface area contributed by atoms with Crippen molar-refractivity contribution in [3.8, 4) is 5.82 Å². The summed E-state index contributed by atoms with van der Waals surface area (Å²) in [5, 5.41) is 5.42. The van der Waals surface area contributed by atoms with E-state index >= 15 is 0 Å². The summed E-state index contributed by atoms with van der Waals surface area (Å²) in [5.74, 6) is 0.838. The molecule has 0 saturated heterocycles. The maximum atomic E-state index is 4.35. The molecule has 5 heteroatoms. The standard InChI is InChI=1S/C10H10BrN3.C2H5Br/c1-7-6-8(2)14(13-7)10-5-3-4-9(11)12-10;1-2-3/h3-6H,1-2H3;2H2,1H3. The molecule has 2 aromatic heterocycles. The predicted molar refractivity (Wildman–Crippen MR) is 78.0 cm³/mol. The number of pyridine rings is 1. The van der Waals surface area contributed by atoms with Gasteiger partial charge in [-0.15, -0.1) is 0 Å². The summed E-state index contributed by atoms with van der Waals surface area (Å²) in [6.07, 6.45) is 0. The fraction of sp³-hybridized carbons (Fsp3) is 0.333. The van der Waals surface area contributed by atoms with Crippen LogP contribution in [0.5, 0.6) is 0 Å². The van der Waals surface area contributed by atoms with E-state index < -0.39 is 0 Å². The van der Waals surface area contributed by atoms with Crippen LogP contribution in [0.15, 0.2) is 28.9 Å². The third-order valence-electron chi connectivity index (χ3n) is 1.93. The second kappa shape index (κ2) is 6.91. The first-order chi connectivity index (χ1) is 8.08. The van der Waals surface area contributed by atoms with Crippen molar-refractivity contribution >= 4 is 31.9 Å². The summed E-state index contributed by atoms with van der Waals surface area (Å²) in [5.41, 5.74) is 2.09. The first-order valence-corrected chi connectivity index (χ1v) is 7.22. The average Bonchev–Trinajstić information content (AvgIpc) is 2.59. The Morgan fingerprint density at radius 2 is 1.94 bits per heavy atom. The Kier molecular flexibility index (Phi) is 5.85. The molecular formula is C12H15Br2N3. The van der Waals surface area contributed by atoms with E-state index in [4.69, 9.17) is 0 Å². The van der Waals surface area contributed by atoms with Crippen LogP contribution in [0.4, 0.5) is 0 Å². The molecule has 17 heavy (non-hydrogen) atoms. The highest BCUT2D eigenvalue weighted by atomic mass is 79.9. The molecule has 0 atom stereocenters. The number of aryl methyl sites for hydroxylation is 2. The molecule has 0 aromatic carbocycles. The van der Waals surface area contributed by atoms with Crippen LogP contribution in [0.3, 0.4) is 0 Å². The van der Waals surface area contributed by atoms with Gasteiger partial charge in [-0.05, 0) is 48.0 Å². The number of alkyl halides is 1. The number of nitrogens with zero attached hydrogens (tertiary/aromatic N) is 3. The van der Waals surface area contributed by atoms with Gasteiger partial charge in [0.2, 0.25) is 0 Å². The average molecular weight is 361 g/mol. The lowest BCUT2D eigenvalue weighted by molar-refractivity contribution is 0.803. The minimum absolute atomic E-state index is 0.822. The Balaban J connectivity index is 0.000000437. The molecular weight excluding hydrogens is 346 g/mol. The molecule has 0 radical (unpaired) electrons. The quantitative estimate of drug-likeness (QED) is 0.567. The third-order valence-corrected chi connectivity index (χ3v) is 2.37. The normalized spacial score (nSPS) is 9.71. The largest absolute Gasteiger partial charge is 0.222 e. The van der Waals surface area contributed by atoms with Gasteiger partial charge in [-0.2, -0.15) is 5.10 Å². The van der Waals surface area contributed by atoms with Crippen LogP contribution in [0.1, 0.15) is 18.3 Å². The van der Waals surface area contributed by atoms with Crippen LogP contribution in [0.2, 0.25) is 0 Å². The topological polar surface area (TPSA) is 30.7 Å². The van der Waals surface area contributed by atoms with Gasteiger partial charge in [0.15, 0.2) is 5.82 Å². The number of aromatic nitrogens is 3. The Bertz CT molecular complexity index is 480. The highest BCUT2D eigenvalue weighted by molar-refractivity contribution is 9.10. The molecule has 0 saturated carbocycles. The van der Waals surface area contributed by atoms with Crippen molar-refractivity contribution in [3.63, 3.8) is 0 Å². The second-order valence-corrected chi connectivity index (χ2v) is 5.36. The van der Waals surface area contributed by atoms with Gasteiger partial charge in [0.1, 0.15) is 4.60 Å². The van der Waals surface area contributed by atoms with Gasteiger partial charge in [0.05, 0.1) is 5.69 Å². The maximum Gasteiger partial charge on any atom is 0.154 e. The summed E-state index contributed by atoms with van der Waals surface area (Å²) in [4.78, 5) is 4.33. The monoisotopic (exact) mass is 359 g/mol. The van der Waals surface area contributed by atoms with Crippen molar-refractivity contribution in [3.05, 3.63) is 40.3 Å². The van der Waals surface area contributed by atoms with Crippen LogP contribution < -0.4 is 0 Å². The summed E-state index contributed by atoms with van der Waals surface area (Å²) in [6.45, 7) is 6.03. The van der Waals surface area contributed by atoms with Crippen molar-refractivity contribution in [2.75, 3.05) is 5.33 Å². The zero-order valence-electron chi connectivity index (χ0n) is 10.1.